The zero-order valence-electron chi connectivity index (χ0n) is 10.5. The maximum Gasteiger partial charge on any atom is 0.342 e. The van der Waals surface area contributed by atoms with Crippen molar-refractivity contribution < 1.29 is 14.6 Å². The van der Waals surface area contributed by atoms with Crippen LogP contribution in [0.2, 0.25) is 0 Å². The number of hydrogen-bond donors (Lipinski definition) is 0. The largest absolute Gasteiger partial charge is 0.342 e. The molecule has 0 rings (SSSR count). The van der Waals surface area contributed by atoms with E-state index in [1.165, 1.54) is 19.3 Å². The quantitative estimate of drug-likeness (QED) is 0.370. The average Bonchev–Trinajstić information content (AvgIpc) is 2.13. The molecule has 0 atom stereocenters. The molecule has 0 radical (unpaired) electrons. The molecule has 0 aliphatic carbocycles. The smallest absolute Gasteiger partial charge is 0.298 e. The Balaban J connectivity index is 3.34. The topological polar surface area (TPSA) is 35.5 Å². The summed E-state index contributed by atoms with van der Waals surface area (Å²) in [4.78, 5) is 20.8. The summed E-state index contributed by atoms with van der Waals surface area (Å²) in [6.07, 6.45) is 6.11. The molecule has 0 spiro atoms. The van der Waals surface area contributed by atoms with Crippen molar-refractivity contribution in [2.24, 2.45) is 0 Å². The molecule has 0 saturated carbocycles. The van der Waals surface area contributed by atoms with Gasteiger partial charge in [-0.3, -0.25) is 4.89 Å². The molecule has 3 heteroatoms. The van der Waals surface area contributed by atoms with Gasteiger partial charge in [0.1, 0.15) is 5.60 Å². The molecular formula is C12H24O3. The van der Waals surface area contributed by atoms with Crippen LogP contribution in [-0.2, 0) is 14.6 Å². The Morgan fingerprint density at radius 2 is 1.67 bits per heavy atom. The summed E-state index contributed by atoms with van der Waals surface area (Å²) < 4.78 is 0. The zero-order valence-corrected chi connectivity index (χ0v) is 10.5. The second kappa shape index (κ2) is 7.69. The van der Waals surface area contributed by atoms with Gasteiger partial charge in [0, 0.05) is 6.42 Å². The van der Waals surface area contributed by atoms with E-state index in [-0.39, 0.29) is 5.97 Å². The van der Waals surface area contributed by atoms with Crippen molar-refractivity contribution >= 4 is 5.97 Å². The molecule has 0 aromatic heterocycles. The number of carbonyl (C=O) groups is 1. The van der Waals surface area contributed by atoms with E-state index in [9.17, 15) is 4.79 Å². The van der Waals surface area contributed by atoms with Gasteiger partial charge in [-0.15, -0.1) is 0 Å². The minimum absolute atomic E-state index is 0.263. The molecule has 15 heavy (non-hydrogen) atoms. The van der Waals surface area contributed by atoms with Crippen LogP contribution in [0.5, 0.6) is 0 Å². The van der Waals surface area contributed by atoms with Crippen molar-refractivity contribution in [3.63, 3.8) is 0 Å². The van der Waals surface area contributed by atoms with Gasteiger partial charge in [-0.05, 0) is 27.2 Å². The van der Waals surface area contributed by atoms with Gasteiger partial charge in [-0.1, -0.05) is 32.6 Å². The standard InChI is InChI=1S/C12H24O3/c1-5-6-7-8-9-10-11(13)14-15-12(2,3)4/h5-10H2,1-4H3. The summed E-state index contributed by atoms with van der Waals surface area (Å²) in [6.45, 7) is 7.72. The van der Waals surface area contributed by atoms with Crippen molar-refractivity contribution in [1.82, 2.24) is 0 Å². The predicted octanol–water partition coefficient (Wildman–Crippen LogP) is 3.62. The highest BCUT2D eigenvalue weighted by Gasteiger charge is 2.14. The van der Waals surface area contributed by atoms with Crippen LogP contribution < -0.4 is 0 Å². The minimum Gasteiger partial charge on any atom is -0.298 e. The molecule has 0 bridgehead atoms. The summed E-state index contributed by atoms with van der Waals surface area (Å²) in [5.74, 6) is -0.263. The molecule has 0 heterocycles. The first-order chi connectivity index (χ1) is 6.95. The summed E-state index contributed by atoms with van der Waals surface area (Å²) in [6, 6.07) is 0. The number of rotatable bonds is 7. The molecule has 90 valence electrons. The predicted molar refractivity (Wildman–Crippen MR) is 60.3 cm³/mol. The van der Waals surface area contributed by atoms with Gasteiger partial charge in [0.15, 0.2) is 0 Å². The third-order valence-corrected chi connectivity index (χ3v) is 1.87. The molecular weight excluding hydrogens is 192 g/mol. The van der Waals surface area contributed by atoms with Crippen LogP contribution in [0.15, 0.2) is 0 Å². The third kappa shape index (κ3) is 11.4. The molecule has 0 aliphatic rings. The molecule has 0 unspecified atom stereocenters. The average molecular weight is 216 g/mol. The SMILES string of the molecule is CCCCCCCC(=O)OOC(C)(C)C. The molecule has 0 aromatic carbocycles. The Labute approximate surface area is 93.1 Å². The van der Waals surface area contributed by atoms with E-state index < -0.39 is 5.60 Å². The Kier molecular flexibility index (Phi) is 7.39. The van der Waals surface area contributed by atoms with Gasteiger partial charge in [0.2, 0.25) is 0 Å². The van der Waals surface area contributed by atoms with E-state index in [0.717, 1.165) is 12.8 Å². The van der Waals surface area contributed by atoms with Crippen LogP contribution in [0, 0.1) is 0 Å². The Hall–Kier alpha value is -0.570. The van der Waals surface area contributed by atoms with E-state index in [1.54, 1.807) is 0 Å². The number of carbonyl (C=O) groups excluding carboxylic acids is 1. The summed E-state index contributed by atoms with van der Waals surface area (Å²) in [5, 5.41) is 0. The second-order valence-corrected chi connectivity index (χ2v) is 4.82. The van der Waals surface area contributed by atoms with E-state index in [2.05, 4.69) is 11.8 Å². The van der Waals surface area contributed by atoms with Crippen LogP contribution >= 0.6 is 0 Å². The number of hydrogen-bond acceptors (Lipinski definition) is 3. The lowest BCUT2D eigenvalue weighted by Crippen LogP contribution is -2.21. The van der Waals surface area contributed by atoms with E-state index in [1.807, 2.05) is 20.8 Å². The van der Waals surface area contributed by atoms with E-state index >= 15 is 0 Å². The number of unbranched alkanes of at least 4 members (excludes halogenated alkanes) is 4. The Morgan fingerprint density at radius 1 is 1.07 bits per heavy atom. The van der Waals surface area contributed by atoms with E-state index in [0.29, 0.717) is 6.42 Å². The van der Waals surface area contributed by atoms with Crippen LogP contribution in [0.3, 0.4) is 0 Å². The normalized spacial score (nSPS) is 11.5. The molecule has 0 N–H and O–H groups in total. The minimum atomic E-state index is -0.419. The molecule has 0 aliphatic heterocycles. The maximum atomic E-state index is 11.2. The lowest BCUT2D eigenvalue weighted by atomic mass is 10.1. The van der Waals surface area contributed by atoms with Crippen molar-refractivity contribution in [1.29, 1.82) is 0 Å². The van der Waals surface area contributed by atoms with Crippen LogP contribution in [0.1, 0.15) is 66.2 Å². The molecule has 0 saturated heterocycles. The zero-order chi connectivity index (χ0) is 11.7. The Morgan fingerprint density at radius 3 is 2.20 bits per heavy atom. The van der Waals surface area contributed by atoms with Gasteiger partial charge < -0.3 is 0 Å². The highest BCUT2D eigenvalue weighted by Crippen LogP contribution is 2.10. The lowest BCUT2D eigenvalue weighted by molar-refractivity contribution is -0.320. The first-order valence-corrected chi connectivity index (χ1v) is 5.84. The highest BCUT2D eigenvalue weighted by molar-refractivity contribution is 5.68. The van der Waals surface area contributed by atoms with Crippen LogP contribution in [0.4, 0.5) is 0 Å². The Bertz CT molecular complexity index is 170. The van der Waals surface area contributed by atoms with E-state index in [4.69, 9.17) is 4.89 Å². The molecule has 0 fully saturated rings. The lowest BCUT2D eigenvalue weighted by Gasteiger charge is -2.16. The molecule has 3 nitrogen and oxygen atoms in total. The van der Waals surface area contributed by atoms with Crippen molar-refractivity contribution in [2.45, 2.75) is 71.8 Å². The fourth-order valence-electron chi connectivity index (χ4n) is 1.09. The van der Waals surface area contributed by atoms with Crippen molar-refractivity contribution in [3.05, 3.63) is 0 Å². The third-order valence-electron chi connectivity index (χ3n) is 1.87. The van der Waals surface area contributed by atoms with Gasteiger partial charge in [-0.25, -0.2) is 4.79 Å². The summed E-state index contributed by atoms with van der Waals surface area (Å²) in [7, 11) is 0. The van der Waals surface area contributed by atoms with Crippen LogP contribution in [0.25, 0.3) is 0 Å². The fraction of sp³-hybridized carbons (Fsp3) is 0.917. The summed E-state index contributed by atoms with van der Waals surface area (Å²) in [5.41, 5.74) is -0.419. The maximum absolute atomic E-state index is 11.2. The van der Waals surface area contributed by atoms with Crippen molar-refractivity contribution in [3.8, 4) is 0 Å². The fourth-order valence-corrected chi connectivity index (χ4v) is 1.09. The second-order valence-electron chi connectivity index (χ2n) is 4.82. The van der Waals surface area contributed by atoms with Crippen molar-refractivity contribution in [2.75, 3.05) is 0 Å². The van der Waals surface area contributed by atoms with Crippen LogP contribution in [-0.4, -0.2) is 11.6 Å². The molecule has 0 amide bonds. The van der Waals surface area contributed by atoms with Gasteiger partial charge in [0.25, 0.3) is 0 Å². The van der Waals surface area contributed by atoms with Gasteiger partial charge in [0.05, 0.1) is 0 Å². The van der Waals surface area contributed by atoms with Gasteiger partial charge in [-0.2, -0.15) is 4.89 Å². The van der Waals surface area contributed by atoms with Gasteiger partial charge >= 0.3 is 5.97 Å². The molecule has 0 aromatic rings. The monoisotopic (exact) mass is 216 g/mol. The summed E-state index contributed by atoms with van der Waals surface area (Å²) >= 11 is 0. The first kappa shape index (κ1) is 14.4. The highest BCUT2D eigenvalue weighted by atomic mass is 17.2. The first-order valence-electron chi connectivity index (χ1n) is 5.84.